The summed E-state index contributed by atoms with van der Waals surface area (Å²) in [6.07, 6.45) is 4.97. The highest BCUT2D eigenvalue weighted by molar-refractivity contribution is 6.31. The molecule has 0 spiro atoms. The number of guanidine groups is 1. The molecule has 0 bridgehead atoms. The molecule has 9 N–H and O–H groups in total. The summed E-state index contributed by atoms with van der Waals surface area (Å²) in [6.45, 7) is 3.32. The van der Waals surface area contributed by atoms with Gasteiger partial charge in [0.1, 0.15) is 5.65 Å². The summed E-state index contributed by atoms with van der Waals surface area (Å²) in [4.78, 5) is 24.3. The summed E-state index contributed by atoms with van der Waals surface area (Å²) < 4.78 is 16.5. The molecule has 0 saturated carbocycles. The minimum atomic E-state index is -0.521. The fourth-order valence-electron chi connectivity index (χ4n) is 5.13. The van der Waals surface area contributed by atoms with Crippen LogP contribution in [0.4, 0.5) is 4.39 Å². The third-order valence-corrected chi connectivity index (χ3v) is 7.53. The van der Waals surface area contributed by atoms with E-state index in [0.717, 1.165) is 43.4 Å². The van der Waals surface area contributed by atoms with Crippen LogP contribution >= 0.6 is 11.6 Å². The number of fused-ring (bicyclic) bond motifs is 1. The first-order valence-electron chi connectivity index (χ1n) is 13.7. The van der Waals surface area contributed by atoms with Crippen molar-refractivity contribution in [1.29, 1.82) is 0 Å². The summed E-state index contributed by atoms with van der Waals surface area (Å²) in [5.41, 5.74) is 20.1. The molecule has 2 aromatic carbocycles. The number of aromatic amines is 1. The molecule has 216 valence electrons. The van der Waals surface area contributed by atoms with E-state index in [1.807, 2.05) is 31.2 Å². The van der Waals surface area contributed by atoms with Crippen molar-refractivity contribution >= 4 is 28.6 Å². The average molecular weight is 580 g/mol. The lowest BCUT2D eigenvalue weighted by molar-refractivity contribution is 0.525. The van der Waals surface area contributed by atoms with Gasteiger partial charge in [0.05, 0.1) is 22.6 Å². The standard InChI is InChI=1S/C29H35ClFN9O/c1-16(32)3-2-4-17-11-22(25(31)23(30)12-17)24-13-19-15-40(29(41)39-27(19)38-24)21-7-5-18(6-8-21)26-36-14-20(37-26)9-10-35-28(33)34/h5-8,11-13,15-16,20,26,36-37H,2-4,9-10,14,32H2,1H3,(H4,33,34,35)(H,38,39,41)/t16-,20?,26-/m0/s1. The second kappa shape index (κ2) is 12.4. The van der Waals surface area contributed by atoms with Gasteiger partial charge in [-0.1, -0.05) is 23.7 Å². The van der Waals surface area contributed by atoms with Gasteiger partial charge in [-0.05, 0) is 74.1 Å². The first-order chi connectivity index (χ1) is 19.7. The molecule has 4 aromatic rings. The predicted octanol–water partition coefficient (Wildman–Crippen LogP) is 3.07. The fourth-order valence-corrected chi connectivity index (χ4v) is 5.37. The molecule has 0 aliphatic carbocycles. The normalized spacial score (nSPS) is 17.7. The molecule has 0 amide bonds. The Bertz CT molecular complexity index is 1610. The van der Waals surface area contributed by atoms with E-state index in [9.17, 15) is 4.79 Å². The van der Waals surface area contributed by atoms with Gasteiger partial charge in [0, 0.05) is 42.3 Å². The number of nitrogens with one attached hydrogen (secondary N) is 3. The predicted molar refractivity (Wildman–Crippen MR) is 162 cm³/mol. The lowest BCUT2D eigenvalue weighted by Crippen LogP contribution is -2.28. The van der Waals surface area contributed by atoms with Crippen LogP contribution in [0.3, 0.4) is 0 Å². The topological polar surface area (TPSA) is 165 Å². The van der Waals surface area contributed by atoms with E-state index in [-0.39, 0.29) is 29.2 Å². The molecule has 5 rings (SSSR count). The highest BCUT2D eigenvalue weighted by Gasteiger charge is 2.24. The van der Waals surface area contributed by atoms with E-state index in [1.165, 1.54) is 4.57 Å². The maximum Gasteiger partial charge on any atom is 0.354 e. The molecule has 10 nitrogen and oxygen atoms in total. The zero-order valence-corrected chi connectivity index (χ0v) is 23.6. The highest BCUT2D eigenvalue weighted by atomic mass is 35.5. The van der Waals surface area contributed by atoms with Gasteiger partial charge in [-0.2, -0.15) is 4.98 Å². The maximum absolute atomic E-state index is 15.1. The number of benzene rings is 2. The Labute approximate surface area is 242 Å². The zero-order valence-electron chi connectivity index (χ0n) is 22.8. The largest absolute Gasteiger partial charge is 0.370 e. The smallest absolute Gasteiger partial charge is 0.354 e. The van der Waals surface area contributed by atoms with Crippen LogP contribution in [0.5, 0.6) is 0 Å². The molecule has 0 radical (unpaired) electrons. The van der Waals surface area contributed by atoms with Crippen molar-refractivity contribution in [2.45, 2.75) is 50.9 Å². The number of H-pyrrole nitrogens is 1. The number of nitrogens with zero attached hydrogens (tertiary/aromatic N) is 3. The van der Waals surface area contributed by atoms with E-state index in [0.29, 0.717) is 34.5 Å². The van der Waals surface area contributed by atoms with Crippen molar-refractivity contribution in [2.75, 3.05) is 13.1 Å². The van der Waals surface area contributed by atoms with Crippen LogP contribution in [0.15, 0.2) is 58.4 Å². The summed E-state index contributed by atoms with van der Waals surface area (Å²) in [5, 5.41) is 7.70. The van der Waals surface area contributed by atoms with Crippen molar-refractivity contribution in [3.05, 3.63) is 81.1 Å². The number of rotatable bonds is 10. The van der Waals surface area contributed by atoms with E-state index in [4.69, 9.17) is 28.8 Å². The van der Waals surface area contributed by atoms with Crippen LogP contribution in [0.1, 0.15) is 43.5 Å². The SMILES string of the molecule is C[C@H](N)CCCc1cc(Cl)c(F)c(-c2cc3cn(-c4ccc([C@H]5NCC(CCN=C(N)N)N5)cc4)c(=O)nc3[nH]2)c1. The molecule has 1 saturated heterocycles. The number of hydrogen-bond donors (Lipinski definition) is 6. The number of hydrogen-bond acceptors (Lipinski definition) is 6. The molecular formula is C29H35ClFN9O. The van der Waals surface area contributed by atoms with Gasteiger partial charge < -0.3 is 22.2 Å². The highest BCUT2D eigenvalue weighted by Crippen LogP contribution is 2.31. The third kappa shape index (κ3) is 6.76. The van der Waals surface area contributed by atoms with Crippen LogP contribution in [0.25, 0.3) is 28.0 Å². The number of aliphatic imine (C=N–C) groups is 1. The number of aryl methyl sites for hydroxylation is 1. The molecule has 41 heavy (non-hydrogen) atoms. The Kier molecular flexibility index (Phi) is 8.69. The average Bonchev–Trinajstić information content (AvgIpc) is 3.57. The van der Waals surface area contributed by atoms with Crippen LogP contribution in [-0.2, 0) is 6.42 Å². The van der Waals surface area contributed by atoms with Crippen molar-refractivity contribution in [3.8, 4) is 16.9 Å². The molecule has 2 aromatic heterocycles. The molecule has 1 unspecified atom stereocenters. The van der Waals surface area contributed by atoms with Crippen LogP contribution in [0, 0.1) is 5.82 Å². The minimum Gasteiger partial charge on any atom is -0.370 e. The minimum absolute atomic E-state index is 0.0194. The van der Waals surface area contributed by atoms with Gasteiger partial charge in [0.2, 0.25) is 0 Å². The van der Waals surface area contributed by atoms with E-state index >= 15 is 4.39 Å². The summed E-state index contributed by atoms with van der Waals surface area (Å²) in [6, 6.07) is 13.2. The van der Waals surface area contributed by atoms with Crippen molar-refractivity contribution in [3.63, 3.8) is 0 Å². The Hall–Kier alpha value is -3.77. The summed E-state index contributed by atoms with van der Waals surface area (Å²) in [5.74, 6) is -0.427. The van der Waals surface area contributed by atoms with Gasteiger partial charge in [-0.25, -0.2) is 9.18 Å². The Morgan fingerprint density at radius 1 is 1.24 bits per heavy atom. The van der Waals surface area contributed by atoms with Gasteiger partial charge in [0.15, 0.2) is 11.8 Å². The van der Waals surface area contributed by atoms with Crippen LogP contribution < -0.4 is 33.5 Å². The van der Waals surface area contributed by atoms with Gasteiger partial charge >= 0.3 is 5.69 Å². The molecule has 3 atom stereocenters. The zero-order chi connectivity index (χ0) is 29.1. The Morgan fingerprint density at radius 2 is 2.02 bits per heavy atom. The second-order valence-corrected chi connectivity index (χ2v) is 11.0. The molecule has 12 heteroatoms. The molecule has 1 fully saturated rings. The number of halogens is 2. The quantitative estimate of drug-likeness (QED) is 0.124. The third-order valence-electron chi connectivity index (χ3n) is 7.26. The maximum atomic E-state index is 15.1. The lowest BCUT2D eigenvalue weighted by Gasteiger charge is -2.14. The lowest BCUT2D eigenvalue weighted by atomic mass is 10.0. The van der Waals surface area contributed by atoms with Gasteiger partial charge in [-0.3, -0.25) is 20.2 Å². The van der Waals surface area contributed by atoms with Crippen molar-refractivity contribution < 1.29 is 4.39 Å². The first kappa shape index (κ1) is 28.7. The second-order valence-electron chi connectivity index (χ2n) is 10.6. The first-order valence-corrected chi connectivity index (χ1v) is 14.1. The fraction of sp³-hybridized carbons (Fsp3) is 0.345. The van der Waals surface area contributed by atoms with E-state index in [2.05, 4.69) is 25.6 Å². The number of aromatic nitrogens is 3. The van der Waals surface area contributed by atoms with Crippen LogP contribution in [-0.4, -0.2) is 45.7 Å². The summed E-state index contributed by atoms with van der Waals surface area (Å²) in [7, 11) is 0. The van der Waals surface area contributed by atoms with Crippen molar-refractivity contribution in [1.82, 2.24) is 25.2 Å². The van der Waals surface area contributed by atoms with Crippen LogP contribution in [0.2, 0.25) is 5.02 Å². The molecule has 3 heterocycles. The molecule has 1 aliphatic heterocycles. The van der Waals surface area contributed by atoms with E-state index in [1.54, 1.807) is 24.4 Å². The van der Waals surface area contributed by atoms with Gasteiger partial charge in [-0.15, -0.1) is 0 Å². The Morgan fingerprint density at radius 3 is 2.76 bits per heavy atom. The number of nitrogens with two attached hydrogens (primary N) is 3. The molecule has 1 aliphatic rings. The van der Waals surface area contributed by atoms with E-state index < -0.39 is 11.5 Å². The van der Waals surface area contributed by atoms with Gasteiger partial charge in [0.25, 0.3) is 0 Å². The monoisotopic (exact) mass is 579 g/mol. The van der Waals surface area contributed by atoms with Crippen molar-refractivity contribution in [2.24, 2.45) is 22.2 Å². The molecular weight excluding hydrogens is 545 g/mol. The Balaban J connectivity index is 1.35. The summed E-state index contributed by atoms with van der Waals surface area (Å²) >= 11 is 6.23.